The number of benzene rings is 1. The molecule has 2 aliphatic rings. The van der Waals surface area contributed by atoms with Gasteiger partial charge in [0.1, 0.15) is 0 Å². The lowest BCUT2D eigenvalue weighted by atomic mass is 10.1. The van der Waals surface area contributed by atoms with Crippen molar-refractivity contribution >= 4 is 17.7 Å². The number of amides is 1. The summed E-state index contributed by atoms with van der Waals surface area (Å²) in [6.45, 7) is 4.78. The fraction of sp³-hybridized carbons (Fsp3) is 0.526. The lowest BCUT2D eigenvalue weighted by molar-refractivity contribution is -0.384. The third-order valence-electron chi connectivity index (χ3n) is 5.09. The van der Waals surface area contributed by atoms with Crippen molar-refractivity contribution in [3.63, 3.8) is 0 Å². The number of nitro benzene ring substituents is 1. The van der Waals surface area contributed by atoms with Gasteiger partial charge in [0.2, 0.25) is 5.91 Å². The summed E-state index contributed by atoms with van der Waals surface area (Å²) in [7, 11) is 0. The summed E-state index contributed by atoms with van der Waals surface area (Å²) in [5.74, 6) is 0.316. The number of nitrogens with zero attached hydrogens (tertiary/aromatic N) is 3. The summed E-state index contributed by atoms with van der Waals surface area (Å²) in [6.07, 6.45) is 7.90. The van der Waals surface area contributed by atoms with Gasteiger partial charge in [-0.3, -0.25) is 19.8 Å². The van der Waals surface area contributed by atoms with E-state index >= 15 is 0 Å². The molecule has 2 bridgehead atoms. The summed E-state index contributed by atoms with van der Waals surface area (Å²) in [5.41, 5.74) is 1.08. The second-order valence-corrected chi connectivity index (χ2v) is 6.91. The minimum atomic E-state index is -0.386. The zero-order chi connectivity index (χ0) is 17.8. The van der Waals surface area contributed by atoms with E-state index in [1.807, 2.05) is 6.08 Å². The molecule has 0 N–H and O–H groups in total. The predicted molar refractivity (Wildman–Crippen MR) is 97.1 cm³/mol. The molecule has 0 spiro atoms. The number of non-ortho nitro benzene ring substituents is 1. The quantitative estimate of drug-likeness (QED) is 0.588. The number of rotatable bonds is 6. The van der Waals surface area contributed by atoms with E-state index in [4.69, 9.17) is 0 Å². The Kier molecular flexibility index (Phi) is 5.48. The number of fused-ring (bicyclic) bond motifs is 2. The Hall–Kier alpha value is -2.21. The van der Waals surface area contributed by atoms with Gasteiger partial charge in [-0.15, -0.1) is 0 Å². The van der Waals surface area contributed by atoms with Crippen LogP contribution in [0.5, 0.6) is 0 Å². The highest BCUT2D eigenvalue weighted by molar-refractivity contribution is 5.77. The number of nitro groups is 1. The molecular weight excluding hydrogens is 318 g/mol. The zero-order valence-electron chi connectivity index (χ0n) is 14.6. The minimum Gasteiger partial charge on any atom is -0.334 e. The fourth-order valence-corrected chi connectivity index (χ4v) is 3.93. The van der Waals surface area contributed by atoms with Crippen LogP contribution in [0.4, 0.5) is 5.69 Å². The number of likely N-dealkylation sites (tertiary alicyclic amines) is 1. The van der Waals surface area contributed by atoms with Crippen molar-refractivity contribution in [2.75, 3.05) is 19.6 Å². The smallest absolute Gasteiger partial charge is 0.269 e. The molecule has 0 aliphatic carbocycles. The number of carbonyl (C=O) groups excluding carboxylic acids is 1. The molecule has 2 atom stereocenters. The first kappa shape index (κ1) is 17.6. The molecule has 1 aromatic rings. The zero-order valence-corrected chi connectivity index (χ0v) is 14.6. The molecular formula is C19H25N3O3. The van der Waals surface area contributed by atoms with E-state index in [-0.39, 0.29) is 10.6 Å². The van der Waals surface area contributed by atoms with Crippen LogP contribution in [0, 0.1) is 10.1 Å². The lowest BCUT2D eigenvalue weighted by Crippen LogP contribution is -2.55. The Morgan fingerprint density at radius 3 is 2.44 bits per heavy atom. The molecule has 0 unspecified atom stereocenters. The van der Waals surface area contributed by atoms with Crippen LogP contribution >= 0.6 is 0 Å². The third-order valence-corrected chi connectivity index (χ3v) is 5.09. The summed E-state index contributed by atoms with van der Waals surface area (Å²) in [6, 6.07) is 7.31. The van der Waals surface area contributed by atoms with E-state index in [1.165, 1.54) is 12.1 Å². The Morgan fingerprint density at radius 1 is 1.24 bits per heavy atom. The first-order valence-electron chi connectivity index (χ1n) is 9.03. The summed E-state index contributed by atoms with van der Waals surface area (Å²) in [4.78, 5) is 27.1. The van der Waals surface area contributed by atoms with Gasteiger partial charge < -0.3 is 4.90 Å². The molecule has 1 aromatic carbocycles. The van der Waals surface area contributed by atoms with Crippen molar-refractivity contribution < 1.29 is 9.72 Å². The molecule has 134 valence electrons. The molecule has 25 heavy (non-hydrogen) atoms. The van der Waals surface area contributed by atoms with Gasteiger partial charge in [0, 0.05) is 50.3 Å². The predicted octanol–water partition coefficient (Wildman–Crippen LogP) is 3.08. The van der Waals surface area contributed by atoms with Gasteiger partial charge in [-0.1, -0.05) is 19.1 Å². The van der Waals surface area contributed by atoms with Crippen LogP contribution in [-0.4, -0.2) is 52.3 Å². The largest absolute Gasteiger partial charge is 0.334 e. The molecule has 3 rings (SSSR count). The molecule has 0 aromatic heterocycles. The molecule has 2 saturated heterocycles. The monoisotopic (exact) mass is 343 g/mol. The number of piperazine rings is 1. The van der Waals surface area contributed by atoms with Crippen molar-refractivity contribution in [2.45, 2.75) is 44.7 Å². The van der Waals surface area contributed by atoms with Gasteiger partial charge in [0.05, 0.1) is 4.92 Å². The summed E-state index contributed by atoms with van der Waals surface area (Å²) in [5, 5.41) is 10.7. The van der Waals surface area contributed by atoms with Gasteiger partial charge in [-0.2, -0.15) is 0 Å². The number of carbonyl (C=O) groups is 1. The highest BCUT2D eigenvalue weighted by Crippen LogP contribution is 2.30. The maximum atomic E-state index is 12.3. The van der Waals surface area contributed by atoms with Crippen LogP contribution in [0.1, 0.15) is 38.2 Å². The molecule has 1 amide bonds. The average Bonchev–Trinajstić information content (AvgIpc) is 2.86. The standard InChI is InChI=1S/C19H25N3O3/c1-2-4-19(23)21-17-10-11-18(21)14-20(13-17)12-3-5-15-6-8-16(9-7-15)22(24)25/h3,5-9,17-18H,2,4,10-14H2,1H3/b5-3+/t17-,18+. The molecule has 2 heterocycles. The number of hydrogen-bond donors (Lipinski definition) is 0. The maximum Gasteiger partial charge on any atom is 0.269 e. The SMILES string of the molecule is CCCC(=O)N1[C@@H]2CC[C@H]1CN(C/C=C/c1ccc([N+](=O)[O-])cc1)C2. The molecule has 6 heteroatoms. The van der Waals surface area contributed by atoms with Gasteiger partial charge in [0.15, 0.2) is 0 Å². The Balaban J connectivity index is 1.53. The van der Waals surface area contributed by atoms with Crippen LogP contribution in [0.15, 0.2) is 30.3 Å². The van der Waals surface area contributed by atoms with E-state index < -0.39 is 0 Å². The molecule has 6 nitrogen and oxygen atoms in total. The van der Waals surface area contributed by atoms with E-state index in [2.05, 4.69) is 22.8 Å². The second kappa shape index (κ2) is 7.78. The fourth-order valence-electron chi connectivity index (χ4n) is 3.93. The first-order chi connectivity index (χ1) is 12.1. The van der Waals surface area contributed by atoms with Crippen molar-refractivity contribution in [3.8, 4) is 0 Å². The van der Waals surface area contributed by atoms with Crippen molar-refractivity contribution in [1.29, 1.82) is 0 Å². The highest BCUT2D eigenvalue weighted by Gasteiger charge is 2.41. The maximum absolute atomic E-state index is 12.3. The van der Waals surface area contributed by atoms with E-state index in [0.29, 0.717) is 24.4 Å². The highest BCUT2D eigenvalue weighted by atomic mass is 16.6. The first-order valence-corrected chi connectivity index (χ1v) is 9.03. The summed E-state index contributed by atoms with van der Waals surface area (Å²) >= 11 is 0. The third kappa shape index (κ3) is 4.07. The van der Waals surface area contributed by atoms with Crippen LogP contribution in [0.3, 0.4) is 0 Å². The Bertz CT molecular complexity index is 642. The Labute approximate surface area is 148 Å². The summed E-state index contributed by atoms with van der Waals surface area (Å²) < 4.78 is 0. The van der Waals surface area contributed by atoms with Crippen molar-refractivity contribution in [1.82, 2.24) is 9.80 Å². The van der Waals surface area contributed by atoms with Gasteiger partial charge in [-0.05, 0) is 37.0 Å². The Morgan fingerprint density at radius 2 is 1.88 bits per heavy atom. The number of hydrogen-bond acceptors (Lipinski definition) is 4. The molecule has 0 saturated carbocycles. The molecule has 2 fully saturated rings. The molecule has 0 radical (unpaired) electrons. The van der Waals surface area contributed by atoms with Crippen molar-refractivity contribution in [2.24, 2.45) is 0 Å². The molecule has 2 aliphatic heterocycles. The van der Waals surface area contributed by atoms with Crippen LogP contribution in [0.25, 0.3) is 6.08 Å². The topological polar surface area (TPSA) is 66.7 Å². The van der Waals surface area contributed by atoms with Gasteiger partial charge in [0.25, 0.3) is 5.69 Å². The van der Waals surface area contributed by atoms with E-state index in [0.717, 1.165) is 44.5 Å². The normalized spacial score (nSPS) is 23.3. The van der Waals surface area contributed by atoms with Gasteiger partial charge >= 0.3 is 0 Å². The van der Waals surface area contributed by atoms with Crippen LogP contribution in [-0.2, 0) is 4.79 Å². The van der Waals surface area contributed by atoms with Gasteiger partial charge in [-0.25, -0.2) is 0 Å². The van der Waals surface area contributed by atoms with E-state index in [1.54, 1.807) is 12.1 Å². The van der Waals surface area contributed by atoms with Crippen molar-refractivity contribution in [3.05, 3.63) is 46.0 Å². The minimum absolute atomic E-state index is 0.113. The average molecular weight is 343 g/mol. The van der Waals surface area contributed by atoms with Crippen LogP contribution in [0.2, 0.25) is 0 Å². The van der Waals surface area contributed by atoms with E-state index in [9.17, 15) is 14.9 Å². The van der Waals surface area contributed by atoms with Crippen LogP contribution < -0.4 is 0 Å². The second-order valence-electron chi connectivity index (χ2n) is 6.91. The lowest BCUT2D eigenvalue weighted by Gasteiger charge is -2.40.